The van der Waals surface area contributed by atoms with Crippen molar-refractivity contribution in [3.63, 3.8) is 0 Å². The standard InChI is InChI=1S/C49H84N8O14/c1-46(2,3)69-43(62)54-27-14-24-51-38(50)21-30-65-34-49(57-41(60)19-13-20-42(61)68-33-37-17-11-10-12-18-37,35-66-31-22-39(58)52-25-15-28-55-44(63)70-47(4,5)6)36-67-32-23-40(59)53-26-16-29-56-45(64)71-48(7,8)9/h10-12,17-18H,13-16,19-36H2,1-9H3,(H2,50,51)(H,52,58)(H,53,59)(H,54,62)(H,55,63)(H,56,64)(H,57,60). The Hall–Kier alpha value is -5.74. The van der Waals surface area contributed by atoms with E-state index in [1.165, 1.54) is 0 Å². The van der Waals surface area contributed by atoms with Gasteiger partial charge in [-0.15, -0.1) is 0 Å². The van der Waals surface area contributed by atoms with Crippen molar-refractivity contribution in [2.45, 2.75) is 149 Å². The summed E-state index contributed by atoms with van der Waals surface area (Å²) in [6.07, 6.45) is 0.116. The highest BCUT2D eigenvalue weighted by Crippen LogP contribution is 2.13. The number of ether oxygens (including phenoxy) is 7. The van der Waals surface area contributed by atoms with E-state index in [0.717, 1.165) is 5.56 Å². The van der Waals surface area contributed by atoms with Gasteiger partial charge in [0, 0.05) is 71.4 Å². The number of nitrogens with one attached hydrogen (secondary N) is 6. The summed E-state index contributed by atoms with van der Waals surface area (Å²) in [5.74, 6) is -1.19. The molecule has 0 unspecified atom stereocenters. The fourth-order valence-electron chi connectivity index (χ4n) is 5.81. The molecule has 0 bridgehead atoms. The SMILES string of the molecule is CC(C)(C)OC(=O)NCCCN=C(N)CCOCC(COCCC(=O)NCCCNC(=O)OC(C)(C)C)(COCCC(=O)NCCCNC(=O)OC(C)(C)C)NC(=O)CCCC(=O)OCc1ccccc1. The van der Waals surface area contributed by atoms with Crippen molar-refractivity contribution < 1.29 is 66.7 Å². The maximum atomic E-state index is 13.6. The summed E-state index contributed by atoms with van der Waals surface area (Å²) in [7, 11) is 0. The summed E-state index contributed by atoms with van der Waals surface area (Å²) in [5, 5.41) is 16.5. The van der Waals surface area contributed by atoms with Gasteiger partial charge in [0.2, 0.25) is 17.7 Å². The first-order valence-corrected chi connectivity index (χ1v) is 24.3. The van der Waals surface area contributed by atoms with Gasteiger partial charge in [0.1, 0.15) is 28.9 Å². The van der Waals surface area contributed by atoms with Crippen LogP contribution in [0.15, 0.2) is 35.3 Å². The number of esters is 1. The fourth-order valence-corrected chi connectivity index (χ4v) is 5.81. The summed E-state index contributed by atoms with van der Waals surface area (Å²) in [6.45, 7) is 17.4. The zero-order chi connectivity index (χ0) is 53.2. The molecule has 0 fully saturated rings. The maximum absolute atomic E-state index is 13.6. The molecule has 0 saturated carbocycles. The minimum absolute atomic E-state index is 0.00914. The highest BCUT2D eigenvalue weighted by atomic mass is 16.6. The molecule has 1 aromatic rings. The van der Waals surface area contributed by atoms with Crippen LogP contribution < -0.4 is 37.6 Å². The number of carbonyl (C=O) groups excluding carboxylic acids is 7. The van der Waals surface area contributed by atoms with Crippen LogP contribution in [0.2, 0.25) is 0 Å². The number of carbonyl (C=O) groups is 7. The molecule has 22 nitrogen and oxygen atoms in total. The van der Waals surface area contributed by atoms with Crippen molar-refractivity contribution in [3.8, 4) is 0 Å². The molecule has 0 aromatic heterocycles. The Morgan fingerprint density at radius 2 is 0.930 bits per heavy atom. The van der Waals surface area contributed by atoms with Gasteiger partial charge in [-0.3, -0.25) is 24.2 Å². The van der Waals surface area contributed by atoms with Crippen molar-refractivity contribution in [2.24, 2.45) is 10.7 Å². The molecule has 0 aliphatic carbocycles. The van der Waals surface area contributed by atoms with Crippen LogP contribution in [-0.4, -0.2) is 149 Å². The molecule has 0 spiro atoms. The van der Waals surface area contributed by atoms with Crippen molar-refractivity contribution in [1.82, 2.24) is 31.9 Å². The van der Waals surface area contributed by atoms with Crippen molar-refractivity contribution in [2.75, 3.05) is 78.9 Å². The Labute approximate surface area is 420 Å². The highest BCUT2D eigenvalue weighted by molar-refractivity contribution is 5.80. The smallest absolute Gasteiger partial charge is 0.407 e. The zero-order valence-electron chi connectivity index (χ0n) is 43.7. The Morgan fingerprint density at radius 1 is 0.507 bits per heavy atom. The largest absolute Gasteiger partial charge is 0.461 e. The van der Waals surface area contributed by atoms with Crippen LogP contribution in [0.25, 0.3) is 0 Å². The third kappa shape index (κ3) is 37.7. The number of rotatable bonds is 34. The predicted molar refractivity (Wildman–Crippen MR) is 266 cm³/mol. The molecule has 0 heterocycles. The van der Waals surface area contributed by atoms with Gasteiger partial charge >= 0.3 is 24.2 Å². The van der Waals surface area contributed by atoms with E-state index in [1.54, 1.807) is 62.3 Å². The quantitative estimate of drug-likeness (QED) is 0.0166. The van der Waals surface area contributed by atoms with E-state index in [4.69, 9.17) is 38.9 Å². The molecule has 0 saturated heterocycles. The van der Waals surface area contributed by atoms with Crippen LogP contribution in [0.5, 0.6) is 0 Å². The Balaban J connectivity index is 2.99. The minimum atomic E-state index is -1.34. The number of benzene rings is 1. The van der Waals surface area contributed by atoms with E-state index in [9.17, 15) is 33.6 Å². The van der Waals surface area contributed by atoms with Gasteiger partial charge in [0.25, 0.3) is 0 Å². The summed E-state index contributed by atoms with van der Waals surface area (Å²) in [5.41, 5.74) is 3.78. The second kappa shape index (κ2) is 34.6. The van der Waals surface area contributed by atoms with Gasteiger partial charge < -0.3 is 70.8 Å². The fraction of sp³-hybridized carbons (Fsp3) is 0.714. The lowest BCUT2D eigenvalue weighted by molar-refractivity contribution is -0.145. The lowest BCUT2D eigenvalue weighted by Gasteiger charge is -2.34. The molecule has 404 valence electrons. The first kappa shape index (κ1) is 63.3. The molecular formula is C49H84N8O14. The molecule has 1 rings (SSSR count). The monoisotopic (exact) mass is 1010 g/mol. The second-order valence-corrected chi connectivity index (χ2v) is 19.7. The number of nitrogens with two attached hydrogens (primary N) is 1. The number of nitrogens with zero attached hydrogens (tertiary/aromatic N) is 1. The normalized spacial score (nSPS) is 12.0. The molecule has 22 heteroatoms. The predicted octanol–water partition coefficient (Wildman–Crippen LogP) is 4.31. The van der Waals surface area contributed by atoms with Crippen molar-refractivity contribution in [1.29, 1.82) is 0 Å². The lowest BCUT2D eigenvalue weighted by Crippen LogP contribution is -2.58. The number of hydrogen-bond donors (Lipinski definition) is 7. The van der Waals surface area contributed by atoms with E-state index < -0.39 is 52.5 Å². The van der Waals surface area contributed by atoms with Gasteiger partial charge in [0.15, 0.2) is 0 Å². The molecule has 0 atom stereocenters. The molecule has 0 aliphatic heterocycles. The summed E-state index contributed by atoms with van der Waals surface area (Å²) < 4.78 is 39.1. The lowest BCUT2D eigenvalue weighted by atomic mass is 10.0. The van der Waals surface area contributed by atoms with Crippen LogP contribution in [0.4, 0.5) is 14.4 Å². The third-order valence-electron chi connectivity index (χ3n) is 9.02. The number of alkyl carbamates (subject to hydrolysis) is 3. The van der Waals surface area contributed by atoms with E-state index in [1.807, 2.05) is 30.3 Å². The van der Waals surface area contributed by atoms with Crippen molar-refractivity contribution in [3.05, 3.63) is 35.9 Å². The number of aliphatic imine (C=N–C) groups is 1. The van der Waals surface area contributed by atoms with E-state index in [2.05, 4.69) is 36.9 Å². The summed E-state index contributed by atoms with van der Waals surface area (Å²) >= 11 is 0. The third-order valence-corrected chi connectivity index (χ3v) is 9.02. The van der Waals surface area contributed by atoms with Crippen LogP contribution in [0.3, 0.4) is 0 Å². The number of amides is 6. The van der Waals surface area contributed by atoms with Gasteiger partial charge in [-0.2, -0.15) is 0 Å². The molecular weight excluding hydrogens is 925 g/mol. The maximum Gasteiger partial charge on any atom is 0.407 e. The first-order chi connectivity index (χ1) is 33.4. The van der Waals surface area contributed by atoms with Crippen LogP contribution >= 0.6 is 0 Å². The summed E-state index contributed by atoms with van der Waals surface area (Å²) in [4.78, 5) is 91.6. The first-order valence-electron chi connectivity index (χ1n) is 24.3. The number of amidine groups is 1. The molecule has 71 heavy (non-hydrogen) atoms. The molecule has 6 amide bonds. The van der Waals surface area contributed by atoms with Crippen LogP contribution in [-0.2, 0) is 58.9 Å². The summed E-state index contributed by atoms with van der Waals surface area (Å²) in [6, 6.07) is 9.22. The van der Waals surface area contributed by atoms with Gasteiger partial charge in [0.05, 0.1) is 45.5 Å². The Morgan fingerprint density at radius 3 is 1.38 bits per heavy atom. The minimum Gasteiger partial charge on any atom is -0.461 e. The zero-order valence-corrected chi connectivity index (χ0v) is 43.7. The number of hydrogen-bond acceptors (Lipinski definition) is 15. The molecule has 8 N–H and O–H groups in total. The average Bonchev–Trinajstić information content (AvgIpc) is 3.25. The molecule has 0 radical (unpaired) electrons. The van der Waals surface area contributed by atoms with Gasteiger partial charge in [-0.25, -0.2) is 14.4 Å². The Bertz CT molecular complexity index is 1720. The van der Waals surface area contributed by atoms with Crippen molar-refractivity contribution >= 4 is 47.8 Å². The molecule has 1 aromatic carbocycles. The van der Waals surface area contributed by atoms with E-state index in [-0.39, 0.29) is 96.6 Å². The highest BCUT2D eigenvalue weighted by Gasteiger charge is 2.34. The molecule has 0 aliphatic rings. The van der Waals surface area contributed by atoms with E-state index >= 15 is 0 Å². The second-order valence-electron chi connectivity index (χ2n) is 19.7. The van der Waals surface area contributed by atoms with Crippen LogP contribution in [0.1, 0.15) is 126 Å². The topological polar surface area (TPSA) is 295 Å². The van der Waals surface area contributed by atoms with Gasteiger partial charge in [-0.05, 0) is 93.6 Å². The van der Waals surface area contributed by atoms with Crippen LogP contribution in [0, 0.1) is 0 Å². The van der Waals surface area contributed by atoms with Gasteiger partial charge in [-0.1, -0.05) is 30.3 Å². The average molecular weight is 1010 g/mol. The van der Waals surface area contributed by atoms with E-state index in [0.29, 0.717) is 64.4 Å². The Kier molecular flexibility index (Phi) is 30.8.